The molecule has 17 heteroatoms. The maximum absolute atomic E-state index is 15.3. The first kappa shape index (κ1) is 46.5. The van der Waals surface area contributed by atoms with Crippen LogP contribution >= 0.6 is 0 Å². The number of rotatable bonds is 10. The van der Waals surface area contributed by atoms with Gasteiger partial charge in [-0.15, -0.1) is 0 Å². The summed E-state index contributed by atoms with van der Waals surface area (Å²) in [6, 6.07) is 10.1. The number of hydrogen-bond acceptors (Lipinski definition) is 11. The van der Waals surface area contributed by atoms with E-state index in [0.717, 1.165) is 0 Å². The van der Waals surface area contributed by atoms with Gasteiger partial charge in [0.05, 0.1) is 35.5 Å². The number of sulfonamides is 1. The molecular formula is C47H62N6O10S. The van der Waals surface area contributed by atoms with E-state index in [9.17, 15) is 27.9 Å². The lowest BCUT2D eigenvalue weighted by Gasteiger charge is -2.43. The molecule has 2 aromatic carbocycles. The summed E-state index contributed by atoms with van der Waals surface area (Å²) in [5.74, 6) is -1.62. The number of methoxy groups -OCH3 is 1. The maximum Gasteiger partial charge on any atom is 0.408 e. The monoisotopic (exact) mass is 902 g/mol. The van der Waals surface area contributed by atoms with Gasteiger partial charge in [-0.25, -0.2) is 23.2 Å². The topological polar surface area (TPSA) is 207 Å². The van der Waals surface area contributed by atoms with Gasteiger partial charge in [-0.1, -0.05) is 26.0 Å². The molecule has 3 aromatic rings. The Balaban J connectivity index is 1.30. The van der Waals surface area contributed by atoms with Crippen LogP contribution in [0.15, 0.2) is 54.6 Å². The molecule has 0 spiro atoms. The molecule has 2 aliphatic carbocycles. The van der Waals surface area contributed by atoms with Crippen LogP contribution in [0.2, 0.25) is 0 Å². The lowest BCUT2D eigenvalue weighted by Crippen LogP contribution is -2.62. The van der Waals surface area contributed by atoms with Crippen LogP contribution in [0, 0.1) is 17.8 Å². The van der Waals surface area contributed by atoms with Crippen molar-refractivity contribution in [1.29, 1.82) is 0 Å². The number of fused-ring (bicyclic) bond motifs is 3. The van der Waals surface area contributed by atoms with Crippen LogP contribution in [-0.4, -0.2) is 111 Å². The second kappa shape index (κ2) is 17.5. The molecule has 0 unspecified atom stereocenters. The maximum atomic E-state index is 15.3. The van der Waals surface area contributed by atoms with Gasteiger partial charge in [-0.3, -0.25) is 24.0 Å². The van der Waals surface area contributed by atoms with Crippen molar-refractivity contribution in [3.05, 3.63) is 54.6 Å². The molecule has 1 saturated heterocycles. The molecule has 7 atom stereocenters. The molecule has 0 radical (unpaired) electrons. The molecule has 346 valence electrons. The number of carbonyl (C=O) groups excluding carboxylic acids is 3. The average molecular weight is 903 g/mol. The number of amides is 4. The zero-order valence-electron chi connectivity index (χ0n) is 38.2. The smallest absolute Gasteiger partial charge is 0.408 e. The Hall–Kier alpha value is -5.45. The third-order valence-corrected chi connectivity index (χ3v) is 15.2. The van der Waals surface area contributed by atoms with Crippen molar-refractivity contribution in [2.45, 2.75) is 140 Å². The molecule has 2 saturated carbocycles. The van der Waals surface area contributed by atoms with E-state index < -0.39 is 79.7 Å². The first-order valence-corrected chi connectivity index (χ1v) is 23.7. The Morgan fingerprint density at radius 1 is 1.02 bits per heavy atom. The third kappa shape index (κ3) is 9.50. The SMILES string of the molecule is COc1ccc2nc(O[C@@H]3C[C@H]4C(=O)N[C@]5(C(=O)NS(=O)(=O)C6(C)CC6)C[C@H]5C=CCC[C@@H](C)C[C@@H](C)[C@H](N(C(=O)O)C(C)(C)C)C(=O)N4C3)c(-c3ccc(OC(C)C)cc3)nc2c1. The van der Waals surface area contributed by atoms with Gasteiger partial charge in [-0.05, 0) is 128 Å². The molecule has 3 heterocycles. The molecule has 1 aromatic heterocycles. The predicted molar refractivity (Wildman–Crippen MR) is 240 cm³/mol. The van der Waals surface area contributed by atoms with Gasteiger partial charge in [0.15, 0.2) is 0 Å². The number of ether oxygens (including phenoxy) is 3. The Morgan fingerprint density at radius 3 is 2.33 bits per heavy atom. The molecule has 4 aliphatic rings. The fourth-order valence-corrected chi connectivity index (χ4v) is 10.4. The summed E-state index contributed by atoms with van der Waals surface area (Å²) in [5.41, 5.74) is -0.525. The van der Waals surface area contributed by atoms with Gasteiger partial charge in [0.2, 0.25) is 27.7 Å². The average Bonchev–Trinajstić information content (AvgIpc) is 4.10. The van der Waals surface area contributed by atoms with Gasteiger partial charge in [-0.2, -0.15) is 0 Å². The largest absolute Gasteiger partial charge is 0.497 e. The van der Waals surface area contributed by atoms with Gasteiger partial charge < -0.3 is 29.5 Å². The molecule has 2 aliphatic heterocycles. The number of carboxylic acid groups (broad SMARTS) is 1. The number of allylic oxidation sites excluding steroid dienone is 1. The van der Waals surface area contributed by atoms with Crippen LogP contribution < -0.4 is 24.2 Å². The van der Waals surface area contributed by atoms with E-state index in [1.54, 1.807) is 53.0 Å². The summed E-state index contributed by atoms with van der Waals surface area (Å²) < 4.78 is 46.0. The summed E-state index contributed by atoms with van der Waals surface area (Å²) >= 11 is 0. The minimum atomic E-state index is -4.05. The van der Waals surface area contributed by atoms with E-state index in [2.05, 4.69) is 17.0 Å². The summed E-state index contributed by atoms with van der Waals surface area (Å²) in [7, 11) is -2.50. The van der Waals surface area contributed by atoms with Crippen molar-refractivity contribution < 1.29 is 46.9 Å². The van der Waals surface area contributed by atoms with Crippen molar-refractivity contribution in [3.63, 3.8) is 0 Å². The fraction of sp³-hybridized carbons (Fsp3) is 0.574. The molecule has 16 nitrogen and oxygen atoms in total. The Kier molecular flexibility index (Phi) is 12.7. The third-order valence-electron chi connectivity index (χ3n) is 13.0. The number of carbonyl (C=O) groups is 4. The lowest BCUT2D eigenvalue weighted by atomic mass is 9.85. The van der Waals surface area contributed by atoms with E-state index in [0.29, 0.717) is 65.9 Å². The summed E-state index contributed by atoms with van der Waals surface area (Å²) in [5, 5.41) is 13.7. The summed E-state index contributed by atoms with van der Waals surface area (Å²) in [6.07, 6.45) is 4.39. The van der Waals surface area contributed by atoms with E-state index in [1.165, 1.54) is 9.80 Å². The van der Waals surface area contributed by atoms with E-state index >= 15 is 4.79 Å². The number of hydrogen-bond donors (Lipinski definition) is 3. The van der Waals surface area contributed by atoms with Gasteiger partial charge in [0.1, 0.15) is 40.9 Å². The second-order valence-electron chi connectivity index (χ2n) is 19.7. The normalized spacial score (nSPS) is 27.1. The summed E-state index contributed by atoms with van der Waals surface area (Å²) in [4.78, 5) is 69.9. The Morgan fingerprint density at radius 2 is 1.70 bits per heavy atom. The van der Waals surface area contributed by atoms with Crippen molar-refractivity contribution in [1.82, 2.24) is 29.8 Å². The Bertz CT molecular complexity index is 2430. The standard InChI is InChI=1S/C47H62N6O10S/c1-27(2)62-32-16-14-30(15-17-32)38-41(49-35-19-18-33(61-9)23-36(35)48-38)63-34-24-37-40(54)50-47(43(56)51-64(59,60)46(8)20-21-46)25-31(47)13-11-10-12-28(3)22-29(4)39(42(55)52(37)26-34)53(44(57)58)45(5,6)7/h11,13-19,23,27-29,31,34,37,39H,10,12,20-22,24-26H2,1-9H3,(H,50,54)(H,51,56)(H,57,58)/t28-,29-,31-,34-,37+,39+,47-/m1/s1. The molecule has 3 fully saturated rings. The number of nitrogens with zero attached hydrogens (tertiary/aromatic N) is 4. The molecule has 4 amide bonds. The molecule has 0 bridgehead atoms. The van der Waals surface area contributed by atoms with E-state index in [1.807, 2.05) is 57.2 Å². The predicted octanol–water partition coefficient (Wildman–Crippen LogP) is 6.47. The minimum Gasteiger partial charge on any atom is -0.497 e. The zero-order valence-corrected chi connectivity index (χ0v) is 39.0. The first-order valence-electron chi connectivity index (χ1n) is 22.2. The number of aromatic nitrogens is 2. The van der Waals surface area contributed by atoms with Crippen LogP contribution in [0.5, 0.6) is 17.4 Å². The quantitative estimate of drug-likeness (QED) is 0.187. The number of nitrogens with one attached hydrogen (secondary N) is 2. The van der Waals surface area contributed by atoms with Crippen LogP contribution in [0.25, 0.3) is 22.3 Å². The van der Waals surface area contributed by atoms with Gasteiger partial charge in [0.25, 0.3) is 5.91 Å². The number of benzene rings is 2. The highest BCUT2D eigenvalue weighted by molar-refractivity contribution is 7.91. The van der Waals surface area contributed by atoms with Crippen LogP contribution in [0.4, 0.5) is 4.79 Å². The lowest BCUT2D eigenvalue weighted by molar-refractivity contribution is -0.146. The van der Waals surface area contributed by atoms with Crippen LogP contribution in [0.3, 0.4) is 0 Å². The molecular weight excluding hydrogens is 841 g/mol. The molecule has 7 rings (SSSR count). The van der Waals surface area contributed by atoms with Crippen molar-refractivity contribution in [2.24, 2.45) is 17.8 Å². The zero-order chi connectivity index (χ0) is 46.5. The highest BCUT2D eigenvalue weighted by atomic mass is 32.2. The van der Waals surface area contributed by atoms with Crippen molar-refractivity contribution >= 4 is 44.9 Å². The fourth-order valence-electron chi connectivity index (χ4n) is 9.10. The van der Waals surface area contributed by atoms with Crippen LogP contribution in [0.1, 0.15) is 100 Å². The van der Waals surface area contributed by atoms with Gasteiger partial charge >= 0.3 is 6.09 Å². The van der Waals surface area contributed by atoms with E-state index in [4.69, 9.17) is 24.2 Å². The summed E-state index contributed by atoms with van der Waals surface area (Å²) in [6.45, 7) is 14.4. The minimum absolute atomic E-state index is 0.0460. The highest BCUT2D eigenvalue weighted by Gasteiger charge is 2.63. The molecule has 3 N–H and O–H groups in total. The van der Waals surface area contributed by atoms with Crippen molar-refractivity contribution in [3.8, 4) is 28.6 Å². The molecule has 64 heavy (non-hydrogen) atoms. The Labute approximate surface area is 375 Å². The van der Waals surface area contributed by atoms with Crippen molar-refractivity contribution in [2.75, 3.05) is 13.7 Å². The van der Waals surface area contributed by atoms with Gasteiger partial charge in [0, 0.05) is 29.5 Å². The first-order chi connectivity index (χ1) is 30.1. The highest BCUT2D eigenvalue weighted by Crippen LogP contribution is 2.48. The second-order valence-corrected chi connectivity index (χ2v) is 21.8. The van der Waals surface area contributed by atoms with E-state index in [-0.39, 0.29) is 37.3 Å². The van der Waals surface area contributed by atoms with Crippen LogP contribution in [-0.2, 0) is 24.4 Å².